The van der Waals surface area contributed by atoms with Gasteiger partial charge in [-0.25, -0.2) is 0 Å². The van der Waals surface area contributed by atoms with Gasteiger partial charge in [-0.1, -0.05) is 37.3 Å². The molecule has 0 bridgehead atoms. The minimum atomic E-state index is 0.318. The highest BCUT2D eigenvalue weighted by Gasteiger charge is 2.24. The summed E-state index contributed by atoms with van der Waals surface area (Å²) in [4.78, 5) is 0. The molecule has 3 nitrogen and oxygen atoms in total. The van der Waals surface area contributed by atoms with Crippen LogP contribution in [0, 0.1) is 0 Å². The highest BCUT2D eigenvalue weighted by molar-refractivity contribution is 5.40. The Morgan fingerprint density at radius 3 is 3.00 bits per heavy atom. The molecule has 0 fully saturated rings. The smallest absolute Gasteiger partial charge is 0.123 e. The molecule has 0 amide bonds. The first-order chi connectivity index (χ1) is 10.4. The van der Waals surface area contributed by atoms with Crippen molar-refractivity contribution in [2.75, 3.05) is 19.8 Å². The van der Waals surface area contributed by atoms with E-state index in [2.05, 4.69) is 36.5 Å². The van der Waals surface area contributed by atoms with Crippen molar-refractivity contribution in [1.82, 2.24) is 5.32 Å². The molecule has 3 heteroatoms. The van der Waals surface area contributed by atoms with Crippen molar-refractivity contribution >= 4 is 0 Å². The topological polar surface area (TPSA) is 30.5 Å². The maximum Gasteiger partial charge on any atom is 0.123 e. The van der Waals surface area contributed by atoms with E-state index in [4.69, 9.17) is 9.47 Å². The number of para-hydroxylation sites is 1. The summed E-state index contributed by atoms with van der Waals surface area (Å²) in [7, 11) is 0. The summed E-state index contributed by atoms with van der Waals surface area (Å²) in [5.41, 5.74) is 2.50. The zero-order chi connectivity index (χ0) is 14.5. The normalized spacial score (nSPS) is 16.3. The molecule has 0 saturated heterocycles. The molecule has 0 spiro atoms. The number of rotatable bonds is 6. The quantitative estimate of drug-likeness (QED) is 0.882. The van der Waals surface area contributed by atoms with E-state index < -0.39 is 0 Å². The van der Waals surface area contributed by atoms with Crippen molar-refractivity contribution in [2.45, 2.75) is 19.4 Å². The zero-order valence-corrected chi connectivity index (χ0v) is 12.3. The van der Waals surface area contributed by atoms with Crippen LogP contribution in [0.2, 0.25) is 0 Å². The summed E-state index contributed by atoms with van der Waals surface area (Å²) in [6.07, 6.45) is 0. The van der Waals surface area contributed by atoms with Crippen LogP contribution in [0.15, 0.2) is 48.5 Å². The van der Waals surface area contributed by atoms with Crippen molar-refractivity contribution in [1.29, 1.82) is 0 Å². The summed E-state index contributed by atoms with van der Waals surface area (Å²) < 4.78 is 11.6. The van der Waals surface area contributed by atoms with Crippen LogP contribution in [0.3, 0.4) is 0 Å². The summed E-state index contributed by atoms with van der Waals surface area (Å²) in [6, 6.07) is 16.5. The number of benzene rings is 2. The Morgan fingerprint density at radius 1 is 1.19 bits per heavy atom. The maximum absolute atomic E-state index is 5.96. The minimum absolute atomic E-state index is 0.318. The molecule has 2 aromatic rings. The fraction of sp³-hybridized carbons (Fsp3) is 0.333. The Morgan fingerprint density at radius 2 is 2.10 bits per heavy atom. The van der Waals surface area contributed by atoms with E-state index in [0.29, 0.717) is 19.1 Å². The Hall–Kier alpha value is -2.00. The van der Waals surface area contributed by atoms with Gasteiger partial charge in [-0.15, -0.1) is 0 Å². The lowest BCUT2D eigenvalue weighted by Gasteiger charge is -2.12. The molecule has 3 rings (SSSR count). The first-order valence-corrected chi connectivity index (χ1v) is 7.51. The van der Waals surface area contributed by atoms with Gasteiger partial charge in [0.15, 0.2) is 0 Å². The first-order valence-electron chi connectivity index (χ1n) is 7.51. The number of hydrogen-bond donors (Lipinski definition) is 1. The monoisotopic (exact) mass is 283 g/mol. The van der Waals surface area contributed by atoms with Gasteiger partial charge < -0.3 is 14.8 Å². The molecule has 0 radical (unpaired) electrons. The van der Waals surface area contributed by atoms with Crippen molar-refractivity contribution in [3.8, 4) is 11.5 Å². The van der Waals surface area contributed by atoms with E-state index >= 15 is 0 Å². The average molecular weight is 283 g/mol. The third kappa shape index (κ3) is 3.37. The summed E-state index contributed by atoms with van der Waals surface area (Å²) >= 11 is 0. The van der Waals surface area contributed by atoms with Crippen LogP contribution in [0.25, 0.3) is 0 Å². The van der Waals surface area contributed by atoms with Gasteiger partial charge in [0.25, 0.3) is 0 Å². The van der Waals surface area contributed by atoms with Crippen LogP contribution in [-0.2, 0) is 6.54 Å². The molecule has 0 aromatic heterocycles. The lowest BCUT2D eigenvalue weighted by atomic mass is 10.0. The molecule has 1 heterocycles. The van der Waals surface area contributed by atoms with Gasteiger partial charge in [-0.3, -0.25) is 0 Å². The van der Waals surface area contributed by atoms with E-state index in [1.165, 1.54) is 11.1 Å². The van der Waals surface area contributed by atoms with E-state index in [0.717, 1.165) is 24.6 Å². The van der Waals surface area contributed by atoms with Gasteiger partial charge in [0.1, 0.15) is 11.5 Å². The minimum Gasteiger partial charge on any atom is -0.493 e. The molecule has 110 valence electrons. The van der Waals surface area contributed by atoms with Crippen LogP contribution in [-0.4, -0.2) is 19.8 Å². The Balaban J connectivity index is 1.61. The van der Waals surface area contributed by atoms with Gasteiger partial charge in [0.2, 0.25) is 0 Å². The zero-order valence-electron chi connectivity index (χ0n) is 12.3. The van der Waals surface area contributed by atoms with Gasteiger partial charge in [0.05, 0.1) is 19.1 Å². The number of fused-ring (bicyclic) bond motifs is 1. The Kier molecular flexibility index (Phi) is 4.41. The lowest BCUT2D eigenvalue weighted by Crippen LogP contribution is -2.13. The largest absolute Gasteiger partial charge is 0.493 e. The maximum atomic E-state index is 5.96. The van der Waals surface area contributed by atoms with Gasteiger partial charge in [0, 0.05) is 12.1 Å². The molecule has 1 atom stereocenters. The van der Waals surface area contributed by atoms with Crippen LogP contribution in [0.1, 0.15) is 24.0 Å². The molecular weight excluding hydrogens is 262 g/mol. The predicted octanol–water partition coefficient (Wildman–Crippen LogP) is 3.35. The highest BCUT2D eigenvalue weighted by atomic mass is 16.5. The fourth-order valence-corrected chi connectivity index (χ4v) is 2.58. The molecule has 21 heavy (non-hydrogen) atoms. The highest BCUT2D eigenvalue weighted by Crippen LogP contribution is 2.33. The van der Waals surface area contributed by atoms with Gasteiger partial charge in [-0.05, 0) is 30.3 Å². The predicted molar refractivity (Wildman–Crippen MR) is 84.0 cm³/mol. The molecule has 0 aliphatic carbocycles. The molecule has 1 N–H and O–H groups in total. The van der Waals surface area contributed by atoms with E-state index in [1.807, 2.05) is 24.3 Å². The van der Waals surface area contributed by atoms with Crippen molar-refractivity contribution < 1.29 is 9.47 Å². The van der Waals surface area contributed by atoms with Crippen LogP contribution >= 0.6 is 0 Å². The number of hydrogen-bond acceptors (Lipinski definition) is 3. The lowest BCUT2D eigenvalue weighted by molar-refractivity contribution is 0.248. The Bertz CT molecular complexity index is 597. The first kappa shape index (κ1) is 14.0. The fourth-order valence-electron chi connectivity index (χ4n) is 2.58. The number of nitrogens with one attached hydrogen (secondary N) is 1. The third-order valence-corrected chi connectivity index (χ3v) is 3.73. The second kappa shape index (κ2) is 6.64. The molecule has 0 saturated carbocycles. The number of ether oxygens (including phenoxy) is 2. The second-order valence-electron chi connectivity index (χ2n) is 5.28. The standard InChI is InChI=1S/C18H21NO2/c1-2-19-11-14-6-5-7-16(10-14)20-12-15-13-21-18-9-4-3-8-17(15)18/h3-10,15,19H,2,11-13H2,1H3. The molecule has 1 aliphatic heterocycles. The summed E-state index contributed by atoms with van der Waals surface area (Å²) in [6.45, 7) is 5.32. The van der Waals surface area contributed by atoms with E-state index in [-0.39, 0.29) is 0 Å². The van der Waals surface area contributed by atoms with E-state index in [9.17, 15) is 0 Å². The van der Waals surface area contributed by atoms with Crippen LogP contribution in [0.5, 0.6) is 11.5 Å². The van der Waals surface area contributed by atoms with Gasteiger partial charge >= 0.3 is 0 Å². The van der Waals surface area contributed by atoms with Crippen LogP contribution < -0.4 is 14.8 Å². The third-order valence-electron chi connectivity index (χ3n) is 3.73. The van der Waals surface area contributed by atoms with Crippen molar-refractivity contribution in [3.63, 3.8) is 0 Å². The average Bonchev–Trinajstić information content (AvgIpc) is 2.95. The van der Waals surface area contributed by atoms with E-state index in [1.54, 1.807) is 0 Å². The Labute approximate surface area is 125 Å². The van der Waals surface area contributed by atoms with Gasteiger partial charge in [-0.2, -0.15) is 0 Å². The SMILES string of the molecule is CCNCc1cccc(OCC2COc3ccccc32)c1. The van der Waals surface area contributed by atoms with Crippen LogP contribution in [0.4, 0.5) is 0 Å². The summed E-state index contributed by atoms with van der Waals surface area (Å²) in [5.74, 6) is 2.24. The molecule has 1 unspecified atom stereocenters. The molecular formula is C18H21NO2. The van der Waals surface area contributed by atoms with Crippen molar-refractivity contribution in [2.24, 2.45) is 0 Å². The molecule has 1 aliphatic rings. The van der Waals surface area contributed by atoms with Crippen molar-refractivity contribution in [3.05, 3.63) is 59.7 Å². The molecule has 2 aromatic carbocycles. The summed E-state index contributed by atoms with van der Waals surface area (Å²) in [5, 5.41) is 3.33. The second-order valence-corrected chi connectivity index (χ2v) is 5.28.